The molecule has 1 N–H and O–H groups in total. The molecule has 4 heteroatoms. The van der Waals surface area contributed by atoms with E-state index in [2.05, 4.69) is 6.92 Å². The molecule has 0 radical (unpaired) electrons. The molecule has 0 aromatic heterocycles. The summed E-state index contributed by atoms with van der Waals surface area (Å²) in [5.74, 6) is -0.502. The highest BCUT2D eigenvalue weighted by Gasteiger charge is 2.24. The van der Waals surface area contributed by atoms with Crippen molar-refractivity contribution >= 4 is 11.9 Å². The van der Waals surface area contributed by atoms with Gasteiger partial charge >= 0.3 is 5.97 Å². The second kappa shape index (κ2) is 6.42. The van der Waals surface area contributed by atoms with E-state index in [0.29, 0.717) is 0 Å². The number of amides is 1. The summed E-state index contributed by atoms with van der Waals surface area (Å²) in [5.41, 5.74) is 0. The van der Waals surface area contributed by atoms with Gasteiger partial charge in [-0.25, -0.2) is 4.79 Å². The summed E-state index contributed by atoms with van der Waals surface area (Å²) in [6.07, 6.45) is 7.64. The molecule has 0 spiro atoms. The van der Waals surface area contributed by atoms with Crippen molar-refractivity contribution in [2.45, 2.75) is 45.1 Å². The molecule has 1 saturated carbocycles. The molecule has 4 nitrogen and oxygen atoms in total. The minimum Gasteiger partial charge on any atom is -0.478 e. The summed E-state index contributed by atoms with van der Waals surface area (Å²) in [6.45, 7) is 2.20. The van der Waals surface area contributed by atoms with Gasteiger partial charge in [0.1, 0.15) is 0 Å². The zero-order chi connectivity index (χ0) is 12.8. The first-order valence-electron chi connectivity index (χ1n) is 6.22. The van der Waals surface area contributed by atoms with E-state index in [1.54, 1.807) is 11.9 Å². The van der Waals surface area contributed by atoms with E-state index in [1.165, 1.54) is 19.3 Å². The van der Waals surface area contributed by atoms with Crippen LogP contribution in [0.1, 0.15) is 39.0 Å². The molecule has 0 atom stereocenters. The van der Waals surface area contributed by atoms with Gasteiger partial charge in [0.15, 0.2) is 0 Å². The zero-order valence-electron chi connectivity index (χ0n) is 10.6. The number of likely N-dealkylation sites (N-methyl/N-ethyl adjacent to an activating group) is 1. The van der Waals surface area contributed by atoms with Crippen molar-refractivity contribution in [2.24, 2.45) is 5.92 Å². The van der Waals surface area contributed by atoms with E-state index in [1.807, 2.05) is 0 Å². The summed E-state index contributed by atoms with van der Waals surface area (Å²) in [5, 5.41) is 8.46. The highest BCUT2D eigenvalue weighted by atomic mass is 16.4. The molecule has 0 aliphatic heterocycles. The Morgan fingerprint density at radius 2 is 1.82 bits per heavy atom. The van der Waals surface area contributed by atoms with Gasteiger partial charge < -0.3 is 10.0 Å². The molecule has 0 saturated heterocycles. The Morgan fingerprint density at radius 3 is 2.29 bits per heavy atom. The quantitative estimate of drug-likeness (QED) is 0.764. The molecule has 1 rings (SSSR count). The molecule has 1 amide bonds. The van der Waals surface area contributed by atoms with E-state index < -0.39 is 5.97 Å². The van der Waals surface area contributed by atoms with Crippen LogP contribution in [-0.2, 0) is 9.59 Å². The number of carbonyl (C=O) groups excluding carboxylic acids is 1. The lowest BCUT2D eigenvalue weighted by Crippen LogP contribution is -2.38. The molecule has 1 aliphatic rings. The van der Waals surface area contributed by atoms with Gasteiger partial charge in [-0.3, -0.25) is 4.79 Å². The van der Waals surface area contributed by atoms with E-state index in [-0.39, 0.29) is 11.9 Å². The van der Waals surface area contributed by atoms with Crippen molar-refractivity contribution in [1.29, 1.82) is 0 Å². The van der Waals surface area contributed by atoms with Crippen LogP contribution in [0.5, 0.6) is 0 Å². The van der Waals surface area contributed by atoms with Gasteiger partial charge in [-0.2, -0.15) is 0 Å². The standard InChI is InChI=1S/C13H21NO3/c1-3-10-4-6-11(7-5-10)14(2)12(15)8-9-13(16)17/h8-11H,3-7H2,1-2H3,(H,16,17)/b9-8+. The Kier molecular flexibility index (Phi) is 5.19. The number of hydrogen-bond acceptors (Lipinski definition) is 2. The first-order chi connectivity index (χ1) is 8.04. The highest BCUT2D eigenvalue weighted by molar-refractivity contribution is 5.93. The number of hydrogen-bond donors (Lipinski definition) is 1. The summed E-state index contributed by atoms with van der Waals surface area (Å²) in [6, 6.07) is 0.267. The Bertz CT molecular complexity index is 304. The number of carboxylic acid groups (broad SMARTS) is 1. The number of carbonyl (C=O) groups is 2. The molecular weight excluding hydrogens is 218 g/mol. The van der Waals surface area contributed by atoms with Crippen molar-refractivity contribution < 1.29 is 14.7 Å². The SMILES string of the molecule is CCC1CCC(N(C)C(=O)/C=C/C(=O)O)CC1. The van der Waals surface area contributed by atoms with Crippen molar-refractivity contribution in [3.8, 4) is 0 Å². The number of rotatable bonds is 4. The van der Waals surface area contributed by atoms with E-state index in [9.17, 15) is 9.59 Å². The maximum absolute atomic E-state index is 11.7. The number of carboxylic acids is 1. The summed E-state index contributed by atoms with van der Waals surface area (Å²) >= 11 is 0. The Balaban J connectivity index is 2.45. The minimum absolute atomic E-state index is 0.215. The Morgan fingerprint density at radius 1 is 1.24 bits per heavy atom. The Hall–Kier alpha value is -1.32. The smallest absolute Gasteiger partial charge is 0.328 e. The molecule has 0 bridgehead atoms. The van der Waals surface area contributed by atoms with E-state index in [0.717, 1.165) is 30.9 Å². The van der Waals surface area contributed by atoms with Gasteiger partial charge in [0, 0.05) is 25.2 Å². The van der Waals surface area contributed by atoms with Gasteiger partial charge in [-0.1, -0.05) is 13.3 Å². The first kappa shape index (κ1) is 13.7. The zero-order valence-corrected chi connectivity index (χ0v) is 10.6. The molecule has 0 heterocycles. The molecule has 0 aromatic rings. The molecule has 1 fully saturated rings. The van der Waals surface area contributed by atoms with Gasteiger partial charge in [0.25, 0.3) is 0 Å². The molecule has 96 valence electrons. The fourth-order valence-corrected chi connectivity index (χ4v) is 2.38. The van der Waals surface area contributed by atoms with Crippen molar-refractivity contribution in [3.63, 3.8) is 0 Å². The molecule has 17 heavy (non-hydrogen) atoms. The third-order valence-corrected chi connectivity index (χ3v) is 3.66. The lowest BCUT2D eigenvalue weighted by molar-refractivity contribution is -0.132. The predicted octanol–water partition coefficient (Wildman–Crippen LogP) is 2.05. The highest BCUT2D eigenvalue weighted by Crippen LogP contribution is 2.28. The Labute approximate surface area is 102 Å². The van der Waals surface area contributed by atoms with Crippen LogP contribution in [0.2, 0.25) is 0 Å². The number of aliphatic carboxylic acids is 1. The first-order valence-corrected chi connectivity index (χ1v) is 6.22. The van der Waals surface area contributed by atoms with Gasteiger partial charge in [0.05, 0.1) is 0 Å². The van der Waals surface area contributed by atoms with Gasteiger partial charge in [0.2, 0.25) is 5.91 Å². The van der Waals surface area contributed by atoms with Crippen LogP contribution in [0, 0.1) is 5.92 Å². The maximum atomic E-state index is 11.7. The summed E-state index contributed by atoms with van der Waals surface area (Å²) < 4.78 is 0. The van der Waals surface area contributed by atoms with Crippen molar-refractivity contribution in [1.82, 2.24) is 4.90 Å². The topological polar surface area (TPSA) is 57.6 Å². The molecule has 0 unspecified atom stereocenters. The fraction of sp³-hybridized carbons (Fsp3) is 0.692. The molecule has 1 aliphatic carbocycles. The van der Waals surface area contributed by atoms with E-state index >= 15 is 0 Å². The summed E-state index contributed by atoms with van der Waals surface area (Å²) in [7, 11) is 1.76. The van der Waals surface area contributed by atoms with Gasteiger partial charge in [-0.05, 0) is 31.6 Å². The van der Waals surface area contributed by atoms with Crippen LogP contribution in [0.15, 0.2) is 12.2 Å². The minimum atomic E-state index is -1.08. The second-order valence-corrected chi connectivity index (χ2v) is 4.70. The summed E-state index contributed by atoms with van der Waals surface area (Å²) in [4.78, 5) is 23.7. The third-order valence-electron chi connectivity index (χ3n) is 3.66. The van der Waals surface area contributed by atoms with Crippen LogP contribution in [0.25, 0.3) is 0 Å². The lowest BCUT2D eigenvalue weighted by atomic mass is 9.84. The van der Waals surface area contributed by atoms with Crippen LogP contribution < -0.4 is 0 Å². The van der Waals surface area contributed by atoms with Crippen molar-refractivity contribution in [3.05, 3.63) is 12.2 Å². The van der Waals surface area contributed by atoms with Gasteiger partial charge in [-0.15, -0.1) is 0 Å². The van der Waals surface area contributed by atoms with Crippen LogP contribution in [0.4, 0.5) is 0 Å². The predicted molar refractivity (Wildman–Crippen MR) is 65.6 cm³/mol. The molecular formula is C13H21NO3. The second-order valence-electron chi connectivity index (χ2n) is 4.70. The average molecular weight is 239 g/mol. The van der Waals surface area contributed by atoms with Crippen molar-refractivity contribution in [2.75, 3.05) is 7.05 Å². The van der Waals surface area contributed by atoms with Crippen LogP contribution >= 0.6 is 0 Å². The monoisotopic (exact) mass is 239 g/mol. The van der Waals surface area contributed by atoms with Crippen LogP contribution in [0.3, 0.4) is 0 Å². The average Bonchev–Trinajstić information content (AvgIpc) is 2.35. The molecule has 0 aromatic carbocycles. The lowest BCUT2D eigenvalue weighted by Gasteiger charge is -2.33. The fourth-order valence-electron chi connectivity index (χ4n) is 2.38. The van der Waals surface area contributed by atoms with Crippen LogP contribution in [-0.4, -0.2) is 35.0 Å². The maximum Gasteiger partial charge on any atom is 0.328 e. The van der Waals surface area contributed by atoms with E-state index in [4.69, 9.17) is 5.11 Å². The number of nitrogens with zero attached hydrogens (tertiary/aromatic N) is 1. The third kappa shape index (κ3) is 4.21. The largest absolute Gasteiger partial charge is 0.478 e. The normalized spacial score (nSPS) is 24.8.